The van der Waals surface area contributed by atoms with Crippen molar-refractivity contribution in [2.75, 3.05) is 7.05 Å². The van der Waals surface area contributed by atoms with Crippen LogP contribution >= 0.6 is 11.8 Å². The molecule has 0 saturated heterocycles. The molecule has 0 fully saturated rings. The van der Waals surface area contributed by atoms with Crippen molar-refractivity contribution >= 4 is 23.6 Å². The van der Waals surface area contributed by atoms with Gasteiger partial charge in [0.1, 0.15) is 0 Å². The summed E-state index contributed by atoms with van der Waals surface area (Å²) in [5.41, 5.74) is 2.90. The number of hydrogen-bond acceptors (Lipinski definition) is 3. The molecule has 2 aromatic carbocycles. The quantitative estimate of drug-likeness (QED) is 0.879. The molecule has 5 heteroatoms. The van der Waals surface area contributed by atoms with Gasteiger partial charge in [-0.05, 0) is 49.6 Å². The van der Waals surface area contributed by atoms with Crippen molar-refractivity contribution in [1.82, 2.24) is 10.2 Å². The van der Waals surface area contributed by atoms with Crippen LogP contribution in [0.3, 0.4) is 0 Å². The minimum Gasteiger partial charge on any atom is -0.351 e. The van der Waals surface area contributed by atoms with Gasteiger partial charge in [0.25, 0.3) is 5.91 Å². The molecule has 0 saturated carbocycles. The predicted molar refractivity (Wildman–Crippen MR) is 105 cm³/mol. The van der Waals surface area contributed by atoms with Gasteiger partial charge in [-0.2, -0.15) is 0 Å². The third-order valence-electron chi connectivity index (χ3n) is 4.70. The van der Waals surface area contributed by atoms with E-state index in [0.29, 0.717) is 12.1 Å². The molecule has 1 heterocycles. The van der Waals surface area contributed by atoms with Crippen molar-refractivity contribution in [2.24, 2.45) is 0 Å². The van der Waals surface area contributed by atoms with E-state index >= 15 is 0 Å². The van der Waals surface area contributed by atoms with Crippen molar-refractivity contribution in [3.8, 4) is 0 Å². The monoisotopic (exact) mass is 368 g/mol. The number of amides is 2. The second-order valence-electron chi connectivity index (χ2n) is 6.84. The number of carbonyl (C=O) groups is 2. The zero-order valence-corrected chi connectivity index (χ0v) is 16.2. The van der Waals surface area contributed by atoms with Gasteiger partial charge in [-0.3, -0.25) is 9.59 Å². The minimum atomic E-state index is -0.0621. The molecule has 2 aromatic rings. The van der Waals surface area contributed by atoms with E-state index in [4.69, 9.17) is 0 Å². The van der Waals surface area contributed by atoms with Gasteiger partial charge in [-0.25, -0.2) is 0 Å². The molecule has 0 aromatic heterocycles. The number of nitrogens with one attached hydrogen (secondary N) is 1. The fourth-order valence-electron chi connectivity index (χ4n) is 2.83. The lowest BCUT2D eigenvalue weighted by Gasteiger charge is -2.21. The maximum Gasteiger partial charge on any atom is 0.253 e. The Morgan fingerprint density at radius 2 is 1.85 bits per heavy atom. The molecule has 1 aliphatic heterocycles. The molecule has 1 N–H and O–H groups in total. The highest BCUT2D eigenvalue weighted by Crippen LogP contribution is 2.36. The number of rotatable bonds is 5. The summed E-state index contributed by atoms with van der Waals surface area (Å²) in [7, 11) is 1.80. The van der Waals surface area contributed by atoms with Crippen molar-refractivity contribution in [1.29, 1.82) is 0 Å². The van der Waals surface area contributed by atoms with Crippen LogP contribution in [0, 0.1) is 0 Å². The number of hydrogen-bond donors (Lipinski definition) is 1. The molecule has 1 aliphatic rings. The third-order valence-corrected chi connectivity index (χ3v) is 6.02. The average molecular weight is 369 g/mol. The molecular weight excluding hydrogens is 344 g/mol. The Labute approximate surface area is 159 Å². The Bertz CT molecular complexity index is 777. The van der Waals surface area contributed by atoms with Gasteiger partial charge in [0.15, 0.2) is 0 Å². The van der Waals surface area contributed by atoms with Crippen LogP contribution in [0.25, 0.3) is 0 Å². The van der Waals surface area contributed by atoms with Gasteiger partial charge < -0.3 is 10.2 Å². The highest BCUT2D eigenvalue weighted by Gasteiger charge is 2.27. The molecule has 0 spiro atoms. The van der Waals surface area contributed by atoms with E-state index in [0.717, 1.165) is 12.0 Å². The van der Waals surface area contributed by atoms with E-state index in [1.165, 1.54) is 10.5 Å². The standard InChI is InChI=1S/C21H24N2O2S/c1-14(2)23(3)21(25)16-10-8-15(9-11-16)13-22-20(24)19-12-17-6-4-5-7-18(17)26-19/h4-11,14,19H,12-13H2,1-3H3,(H,22,24). The summed E-state index contributed by atoms with van der Waals surface area (Å²) >= 11 is 1.63. The van der Waals surface area contributed by atoms with Crippen molar-refractivity contribution in [3.63, 3.8) is 0 Å². The van der Waals surface area contributed by atoms with Crippen molar-refractivity contribution in [2.45, 2.75) is 43.0 Å². The summed E-state index contributed by atoms with van der Waals surface area (Å²) in [6.07, 6.45) is 0.779. The lowest BCUT2D eigenvalue weighted by atomic mass is 10.1. The van der Waals surface area contributed by atoms with Gasteiger partial charge >= 0.3 is 0 Å². The van der Waals surface area contributed by atoms with Crippen LogP contribution in [0.4, 0.5) is 0 Å². The Kier molecular flexibility index (Phi) is 5.67. The summed E-state index contributed by atoms with van der Waals surface area (Å²) in [6.45, 7) is 4.45. The van der Waals surface area contributed by atoms with Crippen LogP contribution in [-0.2, 0) is 17.8 Å². The summed E-state index contributed by atoms with van der Waals surface area (Å²) in [4.78, 5) is 27.6. The van der Waals surface area contributed by atoms with Gasteiger partial charge in [-0.15, -0.1) is 11.8 Å². The fourth-order valence-corrected chi connectivity index (χ4v) is 4.05. The SMILES string of the molecule is CC(C)N(C)C(=O)c1ccc(CNC(=O)C2Cc3ccccc3S2)cc1. The van der Waals surface area contributed by atoms with Gasteiger partial charge in [0.2, 0.25) is 5.91 Å². The maximum absolute atomic E-state index is 12.4. The minimum absolute atomic E-state index is 0.00991. The first-order valence-electron chi connectivity index (χ1n) is 8.84. The number of carbonyl (C=O) groups excluding carboxylic acids is 2. The Morgan fingerprint density at radius 3 is 2.50 bits per heavy atom. The molecule has 0 aliphatic carbocycles. The number of nitrogens with zero attached hydrogens (tertiary/aromatic N) is 1. The molecule has 26 heavy (non-hydrogen) atoms. The highest BCUT2D eigenvalue weighted by atomic mass is 32.2. The third kappa shape index (κ3) is 4.10. The Balaban J connectivity index is 1.54. The van der Waals surface area contributed by atoms with Crippen LogP contribution in [-0.4, -0.2) is 35.1 Å². The highest BCUT2D eigenvalue weighted by molar-refractivity contribution is 8.01. The summed E-state index contributed by atoms with van der Waals surface area (Å²) in [5.74, 6) is 0.0709. The molecule has 0 bridgehead atoms. The van der Waals surface area contributed by atoms with E-state index in [2.05, 4.69) is 17.4 Å². The van der Waals surface area contributed by atoms with Crippen LogP contribution in [0.5, 0.6) is 0 Å². The Hall–Kier alpha value is -2.27. The van der Waals surface area contributed by atoms with E-state index in [-0.39, 0.29) is 23.1 Å². The topological polar surface area (TPSA) is 49.4 Å². The molecule has 0 radical (unpaired) electrons. The van der Waals surface area contributed by atoms with Gasteiger partial charge in [0, 0.05) is 30.1 Å². The van der Waals surface area contributed by atoms with Crippen LogP contribution in [0.2, 0.25) is 0 Å². The smallest absolute Gasteiger partial charge is 0.253 e. The number of fused-ring (bicyclic) bond motifs is 1. The zero-order valence-electron chi connectivity index (χ0n) is 15.4. The first kappa shape index (κ1) is 18.5. The molecule has 136 valence electrons. The lowest BCUT2D eigenvalue weighted by molar-refractivity contribution is -0.120. The summed E-state index contributed by atoms with van der Waals surface area (Å²) < 4.78 is 0. The van der Waals surface area contributed by atoms with Crippen LogP contribution in [0.15, 0.2) is 53.4 Å². The first-order valence-corrected chi connectivity index (χ1v) is 9.72. The van der Waals surface area contributed by atoms with Gasteiger partial charge in [-0.1, -0.05) is 30.3 Å². The molecular formula is C21H24N2O2S. The Morgan fingerprint density at radius 1 is 1.15 bits per heavy atom. The average Bonchev–Trinajstić information content (AvgIpc) is 3.09. The maximum atomic E-state index is 12.4. The van der Waals surface area contributed by atoms with E-state index < -0.39 is 0 Å². The van der Waals surface area contributed by atoms with Crippen molar-refractivity contribution in [3.05, 3.63) is 65.2 Å². The molecule has 3 rings (SSSR count). The molecule has 4 nitrogen and oxygen atoms in total. The summed E-state index contributed by atoms with van der Waals surface area (Å²) in [5, 5.41) is 2.95. The number of benzene rings is 2. The number of thioether (sulfide) groups is 1. The van der Waals surface area contributed by atoms with Gasteiger partial charge in [0.05, 0.1) is 5.25 Å². The molecule has 1 atom stereocenters. The second kappa shape index (κ2) is 7.96. The van der Waals surface area contributed by atoms with E-state index in [1.54, 1.807) is 23.7 Å². The van der Waals surface area contributed by atoms with E-state index in [9.17, 15) is 9.59 Å². The second-order valence-corrected chi connectivity index (χ2v) is 8.09. The first-order chi connectivity index (χ1) is 12.5. The van der Waals surface area contributed by atoms with Crippen molar-refractivity contribution < 1.29 is 9.59 Å². The van der Waals surface area contributed by atoms with Crippen LogP contribution in [0.1, 0.15) is 35.3 Å². The fraction of sp³-hybridized carbons (Fsp3) is 0.333. The predicted octanol–water partition coefficient (Wildman–Crippen LogP) is 3.50. The lowest BCUT2D eigenvalue weighted by Crippen LogP contribution is -2.33. The summed E-state index contributed by atoms with van der Waals surface area (Å²) in [6, 6.07) is 15.8. The molecule has 1 unspecified atom stereocenters. The zero-order chi connectivity index (χ0) is 18.7. The largest absolute Gasteiger partial charge is 0.351 e. The van der Waals surface area contributed by atoms with E-state index in [1.807, 2.05) is 50.2 Å². The van der Waals surface area contributed by atoms with Crippen LogP contribution < -0.4 is 5.32 Å². The normalized spacial score (nSPS) is 15.6. The molecule has 2 amide bonds.